The maximum atomic E-state index is 11.0. The molecule has 0 aliphatic heterocycles. The highest BCUT2D eigenvalue weighted by molar-refractivity contribution is 5.80. The van der Waals surface area contributed by atoms with Gasteiger partial charge in [0.1, 0.15) is 5.60 Å². The van der Waals surface area contributed by atoms with Crippen molar-refractivity contribution in [3.05, 3.63) is 24.3 Å². The standard InChI is InChI=1S/C7H16N2O2.C6H4/c1-5-9(8)6(10)11-7(2,3)4;1-2-5-4-6(5)3-1/h5,8H2,1-4H3;1-4H. The predicted octanol–water partition coefficient (Wildman–Crippen LogP) is 2.78. The first-order valence-corrected chi connectivity index (χ1v) is 5.69. The molecule has 1 amide bonds. The van der Waals surface area contributed by atoms with Gasteiger partial charge in [-0.3, -0.25) is 0 Å². The van der Waals surface area contributed by atoms with Crippen LogP contribution in [0.1, 0.15) is 27.7 Å². The fourth-order valence-corrected chi connectivity index (χ4v) is 1.13. The molecule has 0 fully saturated rings. The van der Waals surface area contributed by atoms with Gasteiger partial charge in [-0.05, 0) is 44.9 Å². The van der Waals surface area contributed by atoms with E-state index in [1.165, 1.54) is 11.1 Å². The van der Waals surface area contributed by atoms with Crippen LogP contribution in [-0.2, 0) is 4.74 Å². The summed E-state index contributed by atoms with van der Waals surface area (Å²) in [6.45, 7) is 7.63. The van der Waals surface area contributed by atoms with Crippen molar-refractivity contribution in [2.45, 2.75) is 33.3 Å². The van der Waals surface area contributed by atoms with E-state index in [9.17, 15) is 4.79 Å². The summed E-state index contributed by atoms with van der Waals surface area (Å²) < 4.78 is 4.95. The normalized spacial score (nSPS) is 11.1. The molecular weight excluding hydrogens is 216 g/mol. The summed E-state index contributed by atoms with van der Waals surface area (Å²) in [5, 5.41) is 1.03. The Hall–Kier alpha value is -1.55. The number of hydrogen-bond acceptors (Lipinski definition) is 3. The van der Waals surface area contributed by atoms with Gasteiger partial charge in [0.05, 0.1) is 0 Å². The van der Waals surface area contributed by atoms with E-state index in [4.69, 9.17) is 10.6 Å². The Morgan fingerprint density at radius 2 is 1.88 bits per heavy atom. The number of nitrogens with zero attached hydrogens (tertiary/aromatic N) is 1. The van der Waals surface area contributed by atoms with Gasteiger partial charge in [0.2, 0.25) is 0 Å². The molecule has 0 radical (unpaired) electrons. The Labute approximate surface area is 102 Å². The molecule has 0 saturated carbocycles. The van der Waals surface area contributed by atoms with Gasteiger partial charge in [0.15, 0.2) is 0 Å². The molecule has 2 aliphatic carbocycles. The molecule has 94 valence electrons. The van der Waals surface area contributed by atoms with Crippen molar-refractivity contribution in [3.8, 4) is 11.1 Å². The van der Waals surface area contributed by atoms with E-state index in [1.54, 1.807) is 27.7 Å². The van der Waals surface area contributed by atoms with E-state index in [2.05, 4.69) is 24.3 Å². The highest BCUT2D eigenvalue weighted by atomic mass is 16.6. The van der Waals surface area contributed by atoms with Crippen LogP contribution in [0.3, 0.4) is 0 Å². The van der Waals surface area contributed by atoms with Crippen LogP contribution in [0.2, 0.25) is 0 Å². The minimum absolute atomic E-state index is 0.453. The molecule has 4 heteroatoms. The van der Waals surface area contributed by atoms with Crippen LogP contribution >= 0.6 is 0 Å². The van der Waals surface area contributed by atoms with Crippen LogP contribution in [0.5, 0.6) is 0 Å². The second-order valence-electron chi connectivity index (χ2n) is 4.85. The zero-order valence-electron chi connectivity index (χ0n) is 10.9. The second kappa shape index (κ2) is 5.19. The number of fused-ring (bicyclic) bond motifs is 1. The van der Waals surface area contributed by atoms with E-state index in [0.29, 0.717) is 6.54 Å². The minimum Gasteiger partial charge on any atom is -0.443 e. The molecule has 0 heterocycles. The highest BCUT2D eigenvalue weighted by Gasteiger charge is 2.18. The molecule has 2 N–H and O–H groups in total. The maximum Gasteiger partial charge on any atom is 0.424 e. The van der Waals surface area contributed by atoms with E-state index >= 15 is 0 Å². The Balaban J connectivity index is 0.000000196. The number of amides is 1. The topological polar surface area (TPSA) is 55.6 Å². The van der Waals surface area contributed by atoms with Crippen molar-refractivity contribution in [2.75, 3.05) is 6.54 Å². The van der Waals surface area contributed by atoms with E-state index in [0.717, 1.165) is 5.01 Å². The SMILES string of the molecule is CCN(N)C(=O)OC(C)(C)C.c1cc2cc-2c1. The number of carbonyl (C=O) groups excluding carboxylic acids is 1. The van der Waals surface area contributed by atoms with Crippen LogP contribution in [0, 0.1) is 0 Å². The molecule has 0 aromatic carbocycles. The van der Waals surface area contributed by atoms with Gasteiger partial charge < -0.3 is 4.74 Å². The monoisotopic (exact) mass is 236 g/mol. The van der Waals surface area contributed by atoms with Gasteiger partial charge in [-0.2, -0.15) is 0 Å². The molecule has 0 aromatic heterocycles. The first-order valence-electron chi connectivity index (χ1n) is 5.69. The number of hydrazine groups is 1. The lowest BCUT2D eigenvalue weighted by molar-refractivity contribution is 0.0258. The fourth-order valence-electron chi connectivity index (χ4n) is 1.13. The second-order valence-corrected chi connectivity index (χ2v) is 4.85. The van der Waals surface area contributed by atoms with Gasteiger partial charge in [0.25, 0.3) is 0 Å². The third-order valence-corrected chi connectivity index (χ3v) is 2.08. The van der Waals surface area contributed by atoms with Crippen molar-refractivity contribution in [2.24, 2.45) is 5.84 Å². The zero-order chi connectivity index (χ0) is 13.1. The van der Waals surface area contributed by atoms with Crippen molar-refractivity contribution in [1.82, 2.24) is 5.01 Å². The molecule has 17 heavy (non-hydrogen) atoms. The maximum absolute atomic E-state index is 11.0. The number of ether oxygens (including phenoxy) is 1. The van der Waals surface area contributed by atoms with Crippen LogP contribution in [0.25, 0.3) is 11.1 Å². The van der Waals surface area contributed by atoms with Crippen LogP contribution in [-0.4, -0.2) is 23.2 Å². The first-order chi connectivity index (χ1) is 7.83. The summed E-state index contributed by atoms with van der Waals surface area (Å²) in [6.07, 6.45) is -0.486. The summed E-state index contributed by atoms with van der Waals surface area (Å²) in [4.78, 5) is 11.0. The molecule has 4 nitrogen and oxygen atoms in total. The lowest BCUT2D eigenvalue weighted by Gasteiger charge is -2.23. The quantitative estimate of drug-likeness (QED) is 0.470. The van der Waals surface area contributed by atoms with Gasteiger partial charge in [-0.15, -0.1) is 0 Å². The molecular formula is C13H20N2O2. The Kier molecular flexibility index (Phi) is 4.12. The Bertz CT molecular complexity index is 379. The average molecular weight is 236 g/mol. The number of hydrogen-bond donors (Lipinski definition) is 1. The Morgan fingerprint density at radius 3 is 2.12 bits per heavy atom. The summed E-state index contributed by atoms with van der Waals surface area (Å²) in [5.74, 6) is 5.28. The summed E-state index contributed by atoms with van der Waals surface area (Å²) in [6, 6.07) is 8.48. The number of rotatable bonds is 1. The number of benzene rings is 1. The predicted molar refractivity (Wildman–Crippen MR) is 68.2 cm³/mol. The zero-order valence-corrected chi connectivity index (χ0v) is 10.9. The van der Waals surface area contributed by atoms with Crippen molar-refractivity contribution < 1.29 is 9.53 Å². The van der Waals surface area contributed by atoms with Gasteiger partial charge in [-0.1, -0.05) is 18.2 Å². The minimum atomic E-state index is -0.486. The van der Waals surface area contributed by atoms with E-state index < -0.39 is 11.7 Å². The Morgan fingerprint density at radius 1 is 1.35 bits per heavy atom. The van der Waals surface area contributed by atoms with Crippen LogP contribution in [0.15, 0.2) is 24.3 Å². The largest absolute Gasteiger partial charge is 0.443 e. The summed E-state index contributed by atoms with van der Waals surface area (Å²) in [5.41, 5.74) is 2.38. The molecule has 2 rings (SSSR count). The molecule has 2 aliphatic rings. The van der Waals surface area contributed by atoms with Crippen LogP contribution < -0.4 is 5.84 Å². The fraction of sp³-hybridized carbons (Fsp3) is 0.462. The summed E-state index contributed by atoms with van der Waals surface area (Å²) >= 11 is 0. The average Bonchev–Trinajstić information content (AvgIpc) is 2.83. The molecule has 0 aromatic rings. The van der Waals surface area contributed by atoms with Crippen molar-refractivity contribution in [1.29, 1.82) is 0 Å². The van der Waals surface area contributed by atoms with Gasteiger partial charge >= 0.3 is 6.09 Å². The van der Waals surface area contributed by atoms with Crippen LogP contribution in [0.4, 0.5) is 4.79 Å². The highest BCUT2D eigenvalue weighted by Crippen LogP contribution is 2.32. The summed E-state index contributed by atoms with van der Waals surface area (Å²) in [7, 11) is 0. The van der Waals surface area contributed by atoms with Gasteiger partial charge in [-0.25, -0.2) is 15.6 Å². The lowest BCUT2D eigenvalue weighted by atomic mass is 10.2. The smallest absolute Gasteiger partial charge is 0.424 e. The van der Waals surface area contributed by atoms with Crippen molar-refractivity contribution in [3.63, 3.8) is 0 Å². The molecule has 0 atom stereocenters. The van der Waals surface area contributed by atoms with E-state index in [-0.39, 0.29) is 0 Å². The third-order valence-electron chi connectivity index (χ3n) is 2.08. The number of nitrogens with two attached hydrogens (primary N) is 1. The first kappa shape index (κ1) is 13.5. The number of carbonyl (C=O) groups is 1. The molecule has 0 spiro atoms. The molecule has 0 saturated heterocycles. The van der Waals surface area contributed by atoms with Gasteiger partial charge in [0, 0.05) is 6.54 Å². The van der Waals surface area contributed by atoms with E-state index in [1.807, 2.05) is 0 Å². The molecule has 0 bridgehead atoms. The lowest BCUT2D eigenvalue weighted by Crippen LogP contribution is -2.41. The molecule has 0 unspecified atom stereocenters. The van der Waals surface area contributed by atoms with Crippen molar-refractivity contribution >= 4 is 6.09 Å². The third kappa shape index (κ3) is 4.87.